The third-order valence-electron chi connectivity index (χ3n) is 3.81. The molecule has 1 aliphatic rings. The molecule has 3 rings (SSSR count). The summed E-state index contributed by atoms with van der Waals surface area (Å²) in [6.45, 7) is 3.59. The van der Waals surface area contributed by atoms with E-state index in [1.807, 2.05) is 6.26 Å². The van der Waals surface area contributed by atoms with Gasteiger partial charge in [0.15, 0.2) is 4.34 Å². The van der Waals surface area contributed by atoms with E-state index in [0.29, 0.717) is 16.3 Å². The fraction of sp³-hybridized carbons (Fsp3) is 0.312. The molecule has 25 heavy (non-hydrogen) atoms. The molecule has 0 aliphatic carbocycles. The minimum Gasteiger partial charge on any atom is -0.299 e. The van der Waals surface area contributed by atoms with E-state index < -0.39 is 23.8 Å². The van der Waals surface area contributed by atoms with Gasteiger partial charge in [-0.25, -0.2) is 0 Å². The molecule has 1 aromatic carbocycles. The number of nitrogens with zero attached hydrogens (tertiary/aromatic N) is 3. The maximum absolute atomic E-state index is 12.8. The molecule has 0 radical (unpaired) electrons. The molecule has 0 saturated heterocycles. The number of fused-ring (bicyclic) bond motifs is 1. The molecule has 9 heteroatoms. The average molecular weight is 376 g/mol. The largest absolute Gasteiger partial charge is 0.299 e. The van der Waals surface area contributed by atoms with Gasteiger partial charge < -0.3 is 0 Å². The van der Waals surface area contributed by atoms with Crippen LogP contribution in [0.2, 0.25) is 0 Å². The lowest BCUT2D eigenvalue weighted by molar-refractivity contribution is -0.121. The van der Waals surface area contributed by atoms with E-state index in [-0.39, 0.29) is 5.92 Å². The number of aromatic nitrogens is 2. The SMILES string of the molecule is CSc1nnc(NC(=O)C(C(C)C)N2C(=O)c3ccccc3C2=O)s1. The second kappa shape index (κ2) is 6.93. The number of anilines is 1. The predicted molar refractivity (Wildman–Crippen MR) is 95.9 cm³/mol. The fourth-order valence-electron chi connectivity index (χ4n) is 2.70. The Balaban J connectivity index is 1.88. The number of carbonyl (C=O) groups excluding carboxylic acids is 3. The van der Waals surface area contributed by atoms with Crippen molar-refractivity contribution in [3.8, 4) is 0 Å². The Kier molecular flexibility index (Phi) is 4.87. The molecule has 1 atom stereocenters. The molecule has 1 N–H and O–H groups in total. The van der Waals surface area contributed by atoms with Crippen molar-refractivity contribution in [1.29, 1.82) is 0 Å². The van der Waals surface area contributed by atoms with Gasteiger partial charge in [0.25, 0.3) is 11.8 Å². The van der Waals surface area contributed by atoms with Crippen LogP contribution in [0.3, 0.4) is 0 Å². The zero-order valence-electron chi connectivity index (χ0n) is 13.8. The fourth-order valence-corrected chi connectivity index (χ4v) is 3.87. The predicted octanol–water partition coefficient (Wildman–Crippen LogP) is 2.52. The summed E-state index contributed by atoms with van der Waals surface area (Å²) in [6.07, 6.45) is 1.86. The zero-order valence-corrected chi connectivity index (χ0v) is 15.5. The molecular formula is C16H16N4O3S2. The maximum atomic E-state index is 12.8. The number of imide groups is 1. The Bertz CT molecular complexity index is 814. The van der Waals surface area contributed by atoms with E-state index >= 15 is 0 Å². The monoisotopic (exact) mass is 376 g/mol. The molecule has 7 nitrogen and oxygen atoms in total. The van der Waals surface area contributed by atoms with E-state index in [4.69, 9.17) is 0 Å². The summed E-state index contributed by atoms with van der Waals surface area (Å²) in [6, 6.07) is 5.67. The number of benzene rings is 1. The number of thioether (sulfide) groups is 1. The third kappa shape index (κ3) is 3.16. The highest BCUT2D eigenvalue weighted by Crippen LogP contribution is 2.28. The van der Waals surface area contributed by atoms with E-state index in [1.54, 1.807) is 38.1 Å². The molecule has 0 fully saturated rings. The molecule has 2 heterocycles. The normalized spacial score (nSPS) is 14.8. The quantitative estimate of drug-likeness (QED) is 0.490. The van der Waals surface area contributed by atoms with Gasteiger partial charge in [0.1, 0.15) is 6.04 Å². The van der Waals surface area contributed by atoms with Crippen LogP contribution in [-0.4, -0.2) is 45.1 Å². The molecule has 0 spiro atoms. The highest BCUT2D eigenvalue weighted by Gasteiger charge is 2.44. The Hall–Kier alpha value is -2.26. The summed E-state index contributed by atoms with van der Waals surface area (Å²) in [5, 5.41) is 10.8. The third-order valence-corrected chi connectivity index (χ3v) is 5.63. The van der Waals surface area contributed by atoms with Crippen LogP contribution in [0.4, 0.5) is 5.13 Å². The van der Waals surface area contributed by atoms with Crippen molar-refractivity contribution in [1.82, 2.24) is 15.1 Å². The van der Waals surface area contributed by atoms with Crippen molar-refractivity contribution in [3.05, 3.63) is 35.4 Å². The number of carbonyl (C=O) groups is 3. The maximum Gasteiger partial charge on any atom is 0.262 e. The van der Waals surface area contributed by atoms with Crippen molar-refractivity contribution >= 4 is 46.0 Å². The number of nitrogens with one attached hydrogen (secondary N) is 1. The van der Waals surface area contributed by atoms with Crippen LogP contribution in [0, 0.1) is 5.92 Å². The first kappa shape index (κ1) is 17.6. The lowest BCUT2D eigenvalue weighted by Gasteiger charge is -2.27. The van der Waals surface area contributed by atoms with E-state index in [9.17, 15) is 14.4 Å². The van der Waals surface area contributed by atoms with Gasteiger partial charge in [-0.1, -0.05) is 49.1 Å². The Labute approximate surface area is 152 Å². The van der Waals surface area contributed by atoms with E-state index in [0.717, 1.165) is 9.24 Å². The molecule has 1 aliphatic heterocycles. The summed E-state index contributed by atoms with van der Waals surface area (Å²) >= 11 is 2.67. The average Bonchev–Trinajstić information content (AvgIpc) is 3.13. The number of amides is 3. The standard InChI is InChI=1S/C16H16N4O3S2/c1-8(2)11(12(21)17-15-18-19-16(24-3)25-15)20-13(22)9-6-4-5-7-10(9)14(20)23/h4-8,11H,1-3H3,(H,17,18,21). The van der Waals surface area contributed by atoms with Gasteiger partial charge in [-0.05, 0) is 24.3 Å². The lowest BCUT2D eigenvalue weighted by Crippen LogP contribution is -2.50. The van der Waals surface area contributed by atoms with Crippen molar-refractivity contribution in [2.45, 2.75) is 24.2 Å². The summed E-state index contributed by atoms with van der Waals surface area (Å²) in [5.41, 5.74) is 0.651. The molecule has 1 aromatic heterocycles. The van der Waals surface area contributed by atoms with Gasteiger partial charge in [-0.15, -0.1) is 10.2 Å². The van der Waals surface area contributed by atoms with Crippen molar-refractivity contribution < 1.29 is 14.4 Å². The number of rotatable bonds is 5. The minimum atomic E-state index is -0.922. The van der Waals surface area contributed by atoms with Crippen LogP contribution in [0.15, 0.2) is 28.6 Å². The second-order valence-corrected chi connectivity index (χ2v) is 7.81. The van der Waals surface area contributed by atoms with Crippen molar-refractivity contribution in [2.24, 2.45) is 5.92 Å². The zero-order chi connectivity index (χ0) is 18.1. The summed E-state index contributed by atoms with van der Waals surface area (Å²) < 4.78 is 0.720. The molecule has 1 unspecified atom stereocenters. The van der Waals surface area contributed by atoms with Gasteiger partial charge in [0.2, 0.25) is 11.0 Å². The van der Waals surface area contributed by atoms with Gasteiger partial charge in [0.05, 0.1) is 11.1 Å². The van der Waals surface area contributed by atoms with Gasteiger partial charge >= 0.3 is 0 Å². The number of hydrogen-bond donors (Lipinski definition) is 1. The van der Waals surface area contributed by atoms with Crippen LogP contribution >= 0.6 is 23.1 Å². The molecule has 3 amide bonds. The van der Waals surface area contributed by atoms with Crippen LogP contribution in [-0.2, 0) is 4.79 Å². The Morgan fingerprint density at radius 3 is 2.24 bits per heavy atom. The van der Waals surface area contributed by atoms with E-state index in [1.165, 1.54) is 23.1 Å². The van der Waals surface area contributed by atoms with Crippen LogP contribution in [0.25, 0.3) is 0 Å². The molecule has 130 valence electrons. The summed E-state index contributed by atoms with van der Waals surface area (Å²) in [4.78, 5) is 39.1. The first-order chi connectivity index (χ1) is 11.9. The second-order valence-electron chi connectivity index (χ2n) is 5.78. The Morgan fingerprint density at radius 1 is 1.16 bits per heavy atom. The first-order valence-electron chi connectivity index (χ1n) is 7.59. The number of hydrogen-bond acceptors (Lipinski definition) is 7. The Morgan fingerprint density at radius 2 is 1.76 bits per heavy atom. The van der Waals surface area contributed by atoms with Crippen LogP contribution in [0.1, 0.15) is 34.6 Å². The van der Waals surface area contributed by atoms with E-state index in [2.05, 4.69) is 15.5 Å². The molecule has 0 saturated carbocycles. The highest BCUT2D eigenvalue weighted by atomic mass is 32.2. The summed E-state index contributed by atoms with van der Waals surface area (Å²) in [7, 11) is 0. The van der Waals surface area contributed by atoms with Gasteiger partial charge in [-0.2, -0.15) is 0 Å². The van der Waals surface area contributed by atoms with Gasteiger partial charge in [-0.3, -0.25) is 24.6 Å². The van der Waals surface area contributed by atoms with Crippen LogP contribution in [0.5, 0.6) is 0 Å². The smallest absolute Gasteiger partial charge is 0.262 e. The van der Waals surface area contributed by atoms with Crippen LogP contribution < -0.4 is 5.32 Å². The topological polar surface area (TPSA) is 92.3 Å². The molecule has 2 aromatic rings. The summed E-state index contributed by atoms with van der Waals surface area (Å²) in [5.74, 6) is -1.60. The highest BCUT2D eigenvalue weighted by molar-refractivity contribution is 8.00. The molecule has 0 bridgehead atoms. The minimum absolute atomic E-state index is 0.254. The van der Waals surface area contributed by atoms with Crippen molar-refractivity contribution in [3.63, 3.8) is 0 Å². The lowest BCUT2D eigenvalue weighted by atomic mass is 10.0. The molecular weight excluding hydrogens is 360 g/mol. The van der Waals surface area contributed by atoms with Gasteiger partial charge in [0, 0.05) is 0 Å². The first-order valence-corrected chi connectivity index (χ1v) is 9.63. The van der Waals surface area contributed by atoms with Crippen molar-refractivity contribution in [2.75, 3.05) is 11.6 Å².